The molecule has 1 aliphatic rings. The maximum absolute atomic E-state index is 14.3. The van der Waals surface area contributed by atoms with Crippen molar-refractivity contribution in [1.82, 2.24) is 24.3 Å². The topological polar surface area (TPSA) is 78.3 Å². The molecule has 5 rings (SSSR count). The molecule has 0 bridgehead atoms. The molecule has 3 radical (unpaired) electrons. The van der Waals surface area contributed by atoms with Crippen LogP contribution in [0.5, 0.6) is 0 Å². The van der Waals surface area contributed by atoms with Crippen molar-refractivity contribution >= 4 is 38.5 Å². The zero-order chi connectivity index (χ0) is 23.4. The number of nitrogens with one attached hydrogen (secondary N) is 2. The number of hydrogen-bond acceptors (Lipinski definition) is 4. The van der Waals surface area contributed by atoms with Crippen LogP contribution in [0.15, 0.2) is 42.9 Å². The smallest absolute Gasteiger partial charge is 0.363 e. The molecule has 0 saturated carbocycles. The first-order chi connectivity index (χ1) is 15.7. The van der Waals surface area contributed by atoms with Gasteiger partial charge in [0.05, 0.1) is 10.2 Å². The fourth-order valence-electron chi connectivity index (χ4n) is 4.45. The summed E-state index contributed by atoms with van der Waals surface area (Å²) in [5.41, 5.74) is 0.00508. The third-order valence-electron chi connectivity index (χ3n) is 5.95. The van der Waals surface area contributed by atoms with Crippen LogP contribution in [-0.4, -0.2) is 58.7 Å². The Morgan fingerprint density at radius 1 is 1.30 bits per heavy atom. The monoisotopic (exact) mass is 469 g/mol. The number of rotatable bonds is 3. The number of likely N-dealkylation sites (tertiary alicyclic amines) is 1. The van der Waals surface area contributed by atoms with Crippen LogP contribution in [0.25, 0.3) is 27.8 Å². The van der Waals surface area contributed by atoms with Crippen molar-refractivity contribution < 1.29 is 18.0 Å². The van der Waals surface area contributed by atoms with Gasteiger partial charge in [0.2, 0.25) is 5.91 Å². The minimum absolute atomic E-state index is 0.0588. The standard InChI is InChI=1S/C22H20F3N6OSi/c1-13(32)30-9-4-7-21(33,12-30)29-19-20-26-8-10-31(20)18(22(23,24)25)17(28-19)15-11-27-16-6-3-2-5-14(15)16/h2-3,5-6,8,10-11,27H,4,7,9,12H2,1H3,(H,28,29)/t21-/m0/s1. The molecule has 1 aliphatic heterocycles. The van der Waals surface area contributed by atoms with E-state index >= 15 is 0 Å². The number of piperidine rings is 1. The van der Waals surface area contributed by atoms with Gasteiger partial charge in [0.15, 0.2) is 17.2 Å². The second-order valence-corrected chi connectivity index (χ2v) is 9.23. The highest BCUT2D eigenvalue weighted by Gasteiger charge is 2.40. The number of anilines is 1. The van der Waals surface area contributed by atoms with Gasteiger partial charge in [-0.3, -0.25) is 9.20 Å². The SMILES string of the molecule is CC(=O)N1CCC[C@@]([Si])(Nc2nc(-c3c[nH]c4ccccc34)c(C(F)(F)F)n3ccnc23)C1. The van der Waals surface area contributed by atoms with Crippen LogP contribution >= 0.6 is 0 Å². The van der Waals surface area contributed by atoms with E-state index in [1.54, 1.807) is 23.1 Å². The lowest BCUT2D eigenvalue weighted by Crippen LogP contribution is -2.54. The van der Waals surface area contributed by atoms with Gasteiger partial charge in [-0.2, -0.15) is 13.2 Å². The molecule has 0 aliphatic carbocycles. The van der Waals surface area contributed by atoms with E-state index in [0.29, 0.717) is 36.0 Å². The zero-order valence-corrected chi connectivity index (χ0v) is 18.7. The van der Waals surface area contributed by atoms with Crippen LogP contribution in [0.4, 0.5) is 19.0 Å². The van der Waals surface area contributed by atoms with Crippen molar-refractivity contribution in [3.8, 4) is 11.3 Å². The zero-order valence-electron chi connectivity index (χ0n) is 17.7. The Hall–Kier alpha value is -3.34. The number of benzene rings is 1. The van der Waals surface area contributed by atoms with E-state index in [1.807, 2.05) is 6.07 Å². The maximum Gasteiger partial charge on any atom is 0.433 e. The summed E-state index contributed by atoms with van der Waals surface area (Å²) in [5.74, 6) is 0.138. The molecule has 0 unspecified atom stereocenters. The number of halogens is 3. The molecular weight excluding hydrogens is 449 g/mol. The second-order valence-electron chi connectivity index (χ2n) is 8.28. The Morgan fingerprint density at radius 2 is 2.09 bits per heavy atom. The molecule has 2 N–H and O–H groups in total. The first kappa shape index (κ1) is 21.5. The Bertz CT molecular complexity index is 1360. The van der Waals surface area contributed by atoms with Crippen LogP contribution in [0, 0.1) is 0 Å². The lowest BCUT2D eigenvalue weighted by atomic mass is 10.0. The first-order valence-electron chi connectivity index (χ1n) is 10.5. The molecule has 33 heavy (non-hydrogen) atoms. The highest BCUT2D eigenvalue weighted by Crippen LogP contribution is 2.40. The van der Waals surface area contributed by atoms with Gasteiger partial charge in [-0.25, -0.2) is 9.97 Å². The number of fused-ring (bicyclic) bond motifs is 2. The fraction of sp³-hybridized carbons (Fsp3) is 0.318. The van der Waals surface area contributed by atoms with E-state index in [0.717, 1.165) is 10.8 Å². The van der Waals surface area contributed by atoms with Crippen molar-refractivity contribution in [2.24, 2.45) is 0 Å². The van der Waals surface area contributed by atoms with E-state index in [-0.39, 0.29) is 23.1 Å². The molecule has 4 heterocycles. The molecule has 1 fully saturated rings. The maximum atomic E-state index is 14.3. The van der Waals surface area contributed by atoms with Gasteiger partial charge in [-0.15, -0.1) is 0 Å². The molecule has 0 spiro atoms. The molecule has 1 aromatic carbocycles. The van der Waals surface area contributed by atoms with Crippen LogP contribution < -0.4 is 5.32 Å². The summed E-state index contributed by atoms with van der Waals surface area (Å²) in [5, 5.41) is 3.13. The van der Waals surface area contributed by atoms with Crippen molar-refractivity contribution in [2.45, 2.75) is 31.1 Å². The number of aromatic nitrogens is 4. The summed E-state index contributed by atoms with van der Waals surface area (Å²) in [4.78, 5) is 25.3. The number of alkyl halides is 3. The fourth-order valence-corrected chi connectivity index (χ4v) is 4.94. The number of amides is 1. The number of para-hydroxylation sites is 1. The van der Waals surface area contributed by atoms with Crippen LogP contribution in [0.3, 0.4) is 0 Å². The molecular formula is C22H20F3N6OSi. The largest absolute Gasteiger partial charge is 0.433 e. The Kier molecular flexibility index (Phi) is 4.96. The Labute approximate surface area is 190 Å². The summed E-state index contributed by atoms with van der Waals surface area (Å²) >= 11 is 0. The number of imidazole rings is 1. The van der Waals surface area contributed by atoms with Gasteiger partial charge < -0.3 is 15.2 Å². The Morgan fingerprint density at radius 3 is 2.85 bits per heavy atom. The van der Waals surface area contributed by atoms with Gasteiger partial charge in [-0.05, 0) is 18.9 Å². The van der Waals surface area contributed by atoms with Gasteiger partial charge in [0.25, 0.3) is 0 Å². The number of aromatic amines is 1. The molecule has 11 heteroatoms. The lowest BCUT2D eigenvalue weighted by molar-refractivity contribution is -0.141. The van der Waals surface area contributed by atoms with Gasteiger partial charge in [0, 0.05) is 60.2 Å². The van der Waals surface area contributed by atoms with Gasteiger partial charge >= 0.3 is 6.18 Å². The van der Waals surface area contributed by atoms with E-state index in [9.17, 15) is 18.0 Å². The molecule has 4 aromatic rings. The van der Waals surface area contributed by atoms with Crippen molar-refractivity contribution in [3.05, 3.63) is 48.5 Å². The summed E-state index contributed by atoms with van der Waals surface area (Å²) in [6, 6.07) is 7.14. The normalized spacial score (nSPS) is 19.4. The third kappa shape index (κ3) is 3.75. The molecule has 1 saturated heterocycles. The van der Waals surface area contributed by atoms with Crippen LogP contribution in [0.1, 0.15) is 25.5 Å². The van der Waals surface area contributed by atoms with E-state index in [1.165, 1.54) is 25.5 Å². The summed E-state index contributed by atoms with van der Waals surface area (Å²) in [6.07, 6.45) is 0.866. The molecule has 169 valence electrons. The van der Waals surface area contributed by atoms with Crippen LogP contribution in [-0.2, 0) is 11.0 Å². The van der Waals surface area contributed by atoms with Gasteiger partial charge in [0.1, 0.15) is 5.69 Å². The number of carbonyl (C=O) groups is 1. The summed E-state index contributed by atoms with van der Waals surface area (Å²) in [7, 11) is 3.74. The molecule has 7 nitrogen and oxygen atoms in total. The minimum Gasteiger partial charge on any atom is -0.363 e. The number of carbonyl (C=O) groups excluding carboxylic acids is 1. The number of hydrogen-bond donors (Lipinski definition) is 2. The van der Waals surface area contributed by atoms with Crippen molar-refractivity contribution in [2.75, 3.05) is 18.4 Å². The predicted octanol–water partition coefficient (Wildman–Crippen LogP) is 3.82. The highest BCUT2D eigenvalue weighted by molar-refractivity contribution is 6.17. The first-order valence-corrected chi connectivity index (χ1v) is 11.0. The molecule has 3 aromatic heterocycles. The van der Waals surface area contributed by atoms with E-state index in [4.69, 9.17) is 0 Å². The van der Waals surface area contributed by atoms with Crippen molar-refractivity contribution in [1.29, 1.82) is 0 Å². The quantitative estimate of drug-likeness (QED) is 0.447. The number of nitrogens with zero attached hydrogens (tertiary/aromatic N) is 4. The predicted molar refractivity (Wildman–Crippen MR) is 119 cm³/mol. The Balaban J connectivity index is 1.70. The highest BCUT2D eigenvalue weighted by atomic mass is 28.1. The molecule has 1 amide bonds. The average molecular weight is 470 g/mol. The van der Waals surface area contributed by atoms with Crippen molar-refractivity contribution in [3.63, 3.8) is 0 Å². The third-order valence-corrected chi connectivity index (χ3v) is 6.48. The lowest BCUT2D eigenvalue weighted by Gasteiger charge is -2.41. The van der Waals surface area contributed by atoms with Crippen LogP contribution in [0.2, 0.25) is 0 Å². The minimum atomic E-state index is -4.67. The van der Waals surface area contributed by atoms with E-state index < -0.39 is 17.0 Å². The molecule has 1 atom stereocenters. The summed E-state index contributed by atoms with van der Waals surface area (Å²) in [6.45, 7) is 2.47. The van der Waals surface area contributed by atoms with Gasteiger partial charge in [-0.1, -0.05) is 18.2 Å². The summed E-state index contributed by atoms with van der Waals surface area (Å²) < 4.78 is 43.9. The number of H-pyrrole nitrogens is 1. The average Bonchev–Trinajstić information content (AvgIpc) is 3.39. The second kappa shape index (κ2) is 7.61. The van der Waals surface area contributed by atoms with E-state index in [2.05, 4.69) is 30.5 Å².